The van der Waals surface area contributed by atoms with Gasteiger partial charge in [-0.25, -0.2) is 0 Å². The first-order chi connectivity index (χ1) is 11.3. The van der Waals surface area contributed by atoms with Crippen molar-refractivity contribution >= 4 is 48.9 Å². The molecule has 0 saturated carbocycles. The van der Waals surface area contributed by atoms with Crippen molar-refractivity contribution in [3.05, 3.63) is 45.1 Å². The van der Waals surface area contributed by atoms with Gasteiger partial charge in [0.25, 0.3) is 5.91 Å². The number of amides is 1. The molecule has 2 aliphatic rings. The molecule has 0 unspecified atom stereocenters. The molecule has 4 nitrogen and oxygen atoms in total. The minimum absolute atomic E-state index is 0.213. The van der Waals surface area contributed by atoms with Crippen molar-refractivity contribution in [3.63, 3.8) is 0 Å². The average Bonchev–Trinajstić information content (AvgIpc) is 2.55. The maximum absolute atomic E-state index is 12.6. The average molecular weight is 449 g/mol. The first kappa shape index (κ1) is 17.4. The molecule has 0 atom stereocenters. The molecule has 0 saturated heterocycles. The molecular weight excluding hydrogens is 437 g/mol. The number of anilines is 1. The molecule has 0 bridgehead atoms. The second-order valence-electron chi connectivity index (χ2n) is 5.19. The highest BCUT2D eigenvalue weighted by Crippen LogP contribution is 2.36. The molecule has 1 aromatic rings. The van der Waals surface area contributed by atoms with E-state index < -0.39 is 43.5 Å². The molecule has 1 aromatic carbocycles. The van der Waals surface area contributed by atoms with Crippen molar-refractivity contribution in [3.8, 4) is 0 Å². The lowest BCUT2D eigenvalue weighted by Crippen LogP contribution is -2.41. The molecule has 1 amide bonds. The minimum Gasteiger partial charge on any atom is -0.423 e. The number of hydrogen-bond acceptors (Lipinski definition) is 3. The van der Waals surface area contributed by atoms with Crippen LogP contribution in [0.1, 0.15) is 5.56 Å². The highest BCUT2D eigenvalue weighted by molar-refractivity contribution is 14.2. The van der Waals surface area contributed by atoms with Gasteiger partial charge in [-0.05, 0) is 45.7 Å². The van der Waals surface area contributed by atoms with Gasteiger partial charge < -0.3 is 15.0 Å². The lowest BCUT2D eigenvalue weighted by atomic mass is 9.73. The highest BCUT2D eigenvalue weighted by atomic mass is 127. The zero-order valence-electron chi connectivity index (χ0n) is 12.2. The van der Waals surface area contributed by atoms with Gasteiger partial charge in [0.15, 0.2) is 0 Å². The van der Waals surface area contributed by atoms with Crippen LogP contribution in [-0.4, -0.2) is 34.8 Å². The molecule has 2 N–H and O–H groups in total. The Hall–Kier alpha value is -1.46. The Balaban J connectivity index is 1.75. The fraction of sp³-hybridized carbons (Fsp3) is 0.200. The summed E-state index contributed by atoms with van der Waals surface area (Å²) in [6.45, 7) is 0.430. The van der Waals surface area contributed by atoms with E-state index in [2.05, 4.69) is 5.32 Å². The maximum Gasteiger partial charge on any atom is 0.491 e. The van der Waals surface area contributed by atoms with E-state index in [9.17, 15) is 23.0 Å². The van der Waals surface area contributed by atoms with Crippen molar-refractivity contribution in [2.45, 2.75) is 12.6 Å². The number of allylic oxidation sites excluding steroid dienone is 3. The standard InChI is InChI=1S/C15H12BF3INO3/c17-15(18,19)13-4-2-10(8-20-13)14(22)21-11-3-1-9-5-6-24-16(23)12(9)7-11/h1-4,7-8,23H,5-6H2,(H,21,22). The third-order valence-corrected chi connectivity index (χ3v) is 6.17. The van der Waals surface area contributed by atoms with Crippen molar-refractivity contribution in [2.24, 2.45) is 0 Å². The summed E-state index contributed by atoms with van der Waals surface area (Å²) in [5.41, 5.74) is 2.21. The van der Waals surface area contributed by atoms with Gasteiger partial charge >= 0.3 is 13.3 Å². The Kier molecular flexibility index (Phi) is 4.93. The van der Waals surface area contributed by atoms with E-state index in [0.717, 1.165) is 11.6 Å². The molecule has 2 aliphatic heterocycles. The van der Waals surface area contributed by atoms with Crippen LogP contribution < -0.4 is 10.8 Å². The second-order valence-corrected chi connectivity index (χ2v) is 7.60. The van der Waals surface area contributed by atoms with Gasteiger partial charge in [0.1, 0.15) is 0 Å². The predicted molar refractivity (Wildman–Crippen MR) is 94.6 cm³/mol. The van der Waals surface area contributed by atoms with Crippen LogP contribution in [0.15, 0.2) is 39.5 Å². The quantitative estimate of drug-likeness (QED) is 0.537. The summed E-state index contributed by atoms with van der Waals surface area (Å²) in [6, 6.07) is 5.11. The monoisotopic (exact) mass is 449 g/mol. The molecule has 9 heteroatoms. The lowest BCUT2D eigenvalue weighted by molar-refractivity contribution is -0.112. The van der Waals surface area contributed by atoms with E-state index in [1.54, 1.807) is 18.2 Å². The van der Waals surface area contributed by atoms with Crippen molar-refractivity contribution < 1.29 is 27.6 Å². The van der Waals surface area contributed by atoms with Crippen LogP contribution in [0.4, 0.5) is 18.9 Å². The molecule has 0 aliphatic carbocycles. The first-order valence-corrected chi connectivity index (χ1v) is 9.36. The van der Waals surface area contributed by atoms with Gasteiger partial charge in [-0.2, -0.15) is 13.2 Å². The topological polar surface area (TPSA) is 58.6 Å². The van der Waals surface area contributed by atoms with Gasteiger partial charge in [-0.15, -0.1) is 0 Å². The third kappa shape index (κ3) is 3.78. The van der Waals surface area contributed by atoms with Gasteiger partial charge in [-0.1, -0.05) is 26.8 Å². The first-order valence-electron chi connectivity index (χ1n) is 7.04. The summed E-state index contributed by atoms with van der Waals surface area (Å²) in [7, 11) is -1.03. The van der Waals surface area contributed by atoms with E-state index in [0.29, 0.717) is 24.2 Å². The summed E-state index contributed by atoms with van der Waals surface area (Å²) in [5.74, 6) is -0.474. The number of nitrogens with one attached hydrogen (secondary N) is 1. The Morgan fingerprint density at radius 2 is 2.12 bits per heavy atom. The number of hydrogen-bond donors (Lipinski definition) is 2. The number of carbonyl (C=O) groups is 1. The predicted octanol–water partition coefficient (Wildman–Crippen LogP) is 2.04. The molecule has 0 aromatic heterocycles. The number of benzene rings is 1. The van der Waals surface area contributed by atoms with E-state index in [-0.39, 0.29) is 5.57 Å². The van der Waals surface area contributed by atoms with E-state index in [1.807, 2.05) is 0 Å². The van der Waals surface area contributed by atoms with E-state index in [1.165, 1.54) is 10.1 Å². The van der Waals surface area contributed by atoms with Crippen LogP contribution in [0, 0.1) is 0 Å². The van der Waals surface area contributed by atoms with Crippen molar-refractivity contribution in [1.82, 2.24) is 0 Å². The third-order valence-electron chi connectivity index (χ3n) is 3.55. The molecule has 3 rings (SSSR count). The summed E-state index contributed by atoms with van der Waals surface area (Å²) < 4.78 is 43.7. The summed E-state index contributed by atoms with van der Waals surface area (Å²) in [6.07, 6.45) is -1.52. The molecule has 0 radical (unpaired) electrons. The van der Waals surface area contributed by atoms with E-state index >= 15 is 0 Å². The van der Waals surface area contributed by atoms with Crippen LogP contribution >= 0.6 is 20.7 Å². The zero-order chi connectivity index (χ0) is 17.3. The van der Waals surface area contributed by atoms with Crippen LogP contribution in [0.3, 0.4) is 0 Å². The largest absolute Gasteiger partial charge is 0.491 e. The van der Waals surface area contributed by atoms with Gasteiger partial charge in [0.2, 0.25) is 0 Å². The Bertz CT molecular complexity index is 774. The SMILES string of the molecule is O=C(Nc1ccc2c(c1)B(O)OCC2)C1=CC=C(C(F)(F)F)I=C1. The summed E-state index contributed by atoms with van der Waals surface area (Å²) in [5, 5.41) is 12.4. The van der Waals surface area contributed by atoms with Crippen LogP contribution in [0.5, 0.6) is 0 Å². The Labute approximate surface area is 146 Å². The second kappa shape index (κ2) is 6.81. The number of halogens is 4. The smallest absolute Gasteiger partial charge is 0.423 e. The molecule has 0 fully saturated rings. The van der Waals surface area contributed by atoms with E-state index in [4.69, 9.17) is 4.65 Å². The Morgan fingerprint density at radius 1 is 1.33 bits per heavy atom. The van der Waals surface area contributed by atoms with Crippen LogP contribution in [0.2, 0.25) is 0 Å². The van der Waals surface area contributed by atoms with Gasteiger partial charge in [-0.3, -0.25) is 4.79 Å². The number of rotatable bonds is 2. The number of carbonyl (C=O) groups excluding carboxylic acids is 1. The Morgan fingerprint density at radius 3 is 2.79 bits per heavy atom. The molecule has 24 heavy (non-hydrogen) atoms. The summed E-state index contributed by atoms with van der Waals surface area (Å²) >= 11 is -1.38. The fourth-order valence-electron chi connectivity index (χ4n) is 2.34. The molecule has 2 heterocycles. The number of alkyl halides is 3. The van der Waals surface area contributed by atoms with Gasteiger partial charge in [0, 0.05) is 17.9 Å². The lowest BCUT2D eigenvalue weighted by Gasteiger charge is -2.20. The summed E-state index contributed by atoms with van der Waals surface area (Å²) in [4.78, 5) is 12.2. The highest BCUT2D eigenvalue weighted by Gasteiger charge is 2.33. The van der Waals surface area contributed by atoms with Crippen molar-refractivity contribution in [1.29, 1.82) is 0 Å². The van der Waals surface area contributed by atoms with Crippen molar-refractivity contribution in [2.75, 3.05) is 11.9 Å². The molecular formula is C15H12BF3INO3. The molecule has 126 valence electrons. The fourth-order valence-corrected chi connectivity index (χ4v) is 4.24. The van der Waals surface area contributed by atoms with Crippen LogP contribution in [-0.2, 0) is 15.9 Å². The normalized spacial score (nSPS) is 17.4. The molecule has 0 spiro atoms. The minimum atomic E-state index is -4.34. The van der Waals surface area contributed by atoms with Crippen LogP contribution in [0.25, 0.3) is 0 Å². The number of fused-ring (bicyclic) bond motifs is 1. The maximum atomic E-state index is 12.6. The zero-order valence-corrected chi connectivity index (χ0v) is 14.4. The van der Waals surface area contributed by atoms with Gasteiger partial charge in [0.05, 0.1) is 3.58 Å².